The van der Waals surface area contributed by atoms with E-state index in [4.69, 9.17) is 4.98 Å². The molecule has 3 aromatic rings. The maximum Gasteiger partial charge on any atom is 0.181 e. The molecule has 0 radical (unpaired) electrons. The van der Waals surface area contributed by atoms with Crippen molar-refractivity contribution in [2.45, 2.75) is 13.8 Å². The van der Waals surface area contributed by atoms with Gasteiger partial charge in [-0.2, -0.15) is 0 Å². The van der Waals surface area contributed by atoms with Crippen molar-refractivity contribution in [2.75, 3.05) is 12.4 Å². The number of hydrogen-bond acceptors (Lipinski definition) is 4. The van der Waals surface area contributed by atoms with Crippen molar-refractivity contribution in [1.82, 2.24) is 15.0 Å². The lowest BCUT2D eigenvalue weighted by atomic mass is 10.2. The average molecular weight is 343 g/mol. The first-order valence-corrected chi connectivity index (χ1v) is 7.48. The van der Waals surface area contributed by atoms with Crippen LogP contribution in [0.1, 0.15) is 11.3 Å². The molecule has 0 unspecified atom stereocenters. The van der Waals surface area contributed by atoms with Crippen molar-refractivity contribution in [3.05, 3.63) is 46.1 Å². The van der Waals surface area contributed by atoms with Crippen LogP contribution >= 0.6 is 15.9 Å². The summed E-state index contributed by atoms with van der Waals surface area (Å²) in [7, 11) is 1.86. The summed E-state index contributed by atoms with van der Waals surface area (Å²) in [6, 6.07) is 10.1. The molecule has 2 heterocycles. The van der Waals surface area contributed by atoms with Gasteiger partial charge in [-0.25, -0.2) is 15.0 Å². The highest BCUT2D eigenvalue weighted by molar-refractivity contribution is 9.10. The lowest BCUT2D eigenvalue weighted by Gasteiger charge is -2.11. The van der Waals surface area contributed by atoms with E-state index in [2.05, 4.69) is 37.3 Å². The molecule has 4 nitrogen and oxygen atoms in total. The quantitative estimate of drug-likeness (QED) is 0.761. The second kappa shape index (κ2) is 5.41. The molecule has 1 aromatic carbocycles. The van der Waals surface area contributed by atoms with Crippen molar-refractivity contribution in [3.63, 3.8) is 0 Å². The van der Waals surface area contributed by atoms with Gasteiger partial charge in [0, 0.05) is 28.2 Å². The van der Waals surface area contributed by atoms with Gasteiger partial charge >= 0.3 is 0 Å². The molecule has 106 valence electrons. The first kappa shape index (κ1) is 13.9. The highest BCUT2D eigenvalue weighted by Crippen LogP contribution is 2.29. The van der Waals surface area contributed by atoms with Crippen LogP contribution in [0.15, 0.2) is 34.8 Å². The van der Waals surface area contributed by atoms with Gasteiger partial charge in [0.25, 0.3) is 0 Å². The van der Waals surface area contributed by atoms with E-state index in [1.807, 2.05) is 45.2 Å². The summed E-state index contributed by atoms with van der Waals surface area (Å²) in [5, 5.41) is 4.20. The molecule has 1 N–H and O–H groups in total. The Bertz CT molecular complexity index is 830. The molecule has 0 fully saturated rings. The van der Waals surface area contributed by atoms with Crippen LogP contribution in [0.5, 0.6) is 0 Å². The number of aryl methyl sites for hydroxylation is 1. The summed E-state index contributed by atoms with van der Waals surface area (Å²) in [6.45, 7) is 3.99. The van der Waals surface area contributed by atoms with Crippen LogP contribution in [-0.2, 0) is 0 Å². The summed E-state index contributed by atoms with van der Waals surface area (Å²) in [4.78, 5) is 13.8. The van der Waals surface area contributed by atoms with Crippen molar-refractivity contribution >= 4 is 32.7 Å². The van der Waals surface area contributed by atoms with Gasteiger partial charge in [-0.3, -0.25) is 0 Å². The van der Waals surface area contributed by atoms with Gasteiger partial charge in [0.05, 0.1) is 5.52 Å². The van der Waals surface area contributed by atoms with Crippen LogP contribution in [0.25, 0.3) is 22.4 Å². The SMILES string of the molecule is CNc1nc(-c2nc3ccccc3cc2Br)nc(C)c1C. The van der Waals surface area contributed by atoms with E-state index in [1.54, 1.807) is 0 Å². The minimum atomic E-state index is 0.625. The van der Waals surface area contributed by atoms with E-state index in [1.165, 1.54) is 0 Å². The van der Waals surface area contributed by atoms with Gasteiger partial charge in [-0.05, 0) is 41.9 Å². The molecular weight excluding hydrogens is 328 g/mol. The van der Waals surface area contributed by atoms with Gasteiger partial charge < -0.3 is 5.32 Å². The first-order chi connectivity index (χ1) is 10.1. The maximum absolute atomic E-state index is 4.69. The smallest absolute Gasteiger partial charge is 0.181 e. The highest BCUT2D eigenvalue weighted by Gasteiger charge is 2.13. The number of aromatic nitrogens is 3. The van der Waals surface area contributed by atoms with Crippen molar-refractivity contribution < 1.29 is 0 Å². The Balaban J connectivity index is 2.25. The van der Waals surface area contributed by atoms with Crippen LogP contribution in [0.2, 0.25) is 0 Å². The number of anilines is 1. The normalized spacial score (nSPS) is 10.9. The summed E-state index contributed by atoms with van der Waals surface area (Å²) in [6.07, 6.45) is 0. The topological polar surface area (TPSA) is 50.7 Å². The number of nitrogens with zero attached hydrogens (tertiary/aromatic N) is 3. The van der Waals surface area contributed by atoms with Gasteiger partial charge in [0.2, 0.25) is 0 Å². The van der Waals surface area contributed by atoms with E-state index < -0.39 is 0 Å². The molecule has 5 heteroatoms. The number of para-hydroxylation sites is 1. The Morgan fingerprint density at radius 3 is 2.57 bits per heavy atom. The molecule has 0 aliphatic carbocycles. The largest absolute Gasteiger partial charge is 0.373 e. The van der Waals surface area contributed by atoms with Gasteiger partial charge in [0.15, 0.2) is 5.82 Å². The van der Waals surface area contributed by atoms with Crippen LogP contribution in [0.3, 0.4) is 0 Å². The Morgan fingerprint density at radius 1 is 1.05 bits per heavy atom. The van der Waals surface area contributed by atoms with E-state index in [0.29, 0.717) is 5.82 Å². The number of hydrogen-bond donors (Lipinski definition) is 1. The van der Waals surface area contributed by atoms with E-state index in [0.717, 1.165) is 38.1 Å². The molecule has 0 atom stereocenters. The average Bonchev–Trinajstić information content (AvgIpc) is 2.49. The zero-order valence-corrected chi connectivity index (χ0v) is 13.7. The Labute approximate surface area is 131 Å². The molecule has 0 saturated heterocycles. The summed E-state index contributed by atoms with van der Waals surface area (Å²) < 4.78 is 0.895. The van der Waals surface area contributed by atoms with Crippen molar-refractivity contribution in [1.29, 1.82) is 0 Å². The Hall–Kier alpha value is -2.01. The van der Waals surface area contributed by atoms with Gasteiger partial charge in [0.1, 0.15) is 11.5 Å². The van der Waals surface area contributed by atoms with Crippen LogP contribution < -0.4 is 5.32 Å². The molecular formula is C16H15BrN4. The van der Waals surface area contributed by atoms with Crippen molar-refractivity contribution in [2.24, 2.45) is 0 Å². The first-order valence-electron chi connectivity index (χ1n) is 6.69. The minimum absolute atomic E-state index is 0.625. The molecule has 0 saturated carbocycles. The zero-order chi connectivity index (χ0) is 15.0. The Kier molecular flexibility index (Phi) is 3.59. The molecule has 3 rings (SSSR count). The lowest BCUT2D eigenvalue weighted by Crippen LogP contribution is -2.04. The third-order valence-electron chi connectivity index (χ3n) is 3.52. The fourth-order valence-electron chi connectivity index (χ4n) is 2.23. The fourth-order valence-corrected chi connectivity index (χ4v) is 2.74. The molecule has 21 heavy (non-hydrogen) atoms. The molecule has 0 amide bonds. The molecule has 2 aromatic heterocycles. The fraction of sp³-hybridized carbons (Fsp3) is 0.188. The zero-order valence-electron chi connectivity index (χ0n) is 12.1. The molecule has 0 aliphatic rings. The van der Waals surface area contributed by atoms with Gasteiger partial charge in [-0.15, -0.1) is 0 Å². The predicted molar refractivity (Wildman–Crippen MR) is 89.5 cm³/mol. The molecule has 0 bridgehead atoms. The van der Waals surface area contributed by atoms with Crippen molar-refractivity contribution in [3.8, 4) is 11.5 Å². The summed E-state index contributed by atoms with van der Waals surface area (Å²) in [5.74, 6) is 1.46. The standard InChI is InChI=1S/C16H15BrN4/c1-9-10(2)19-16(21-15(9)18-3)14-12(17)8-11-6-4-5-7-13(11)20-14/h4-8H,1-3H3,(H,18,19,21). The summed E-state index contributed by atoms with van der Waals surface area (Å²) >= 11 is 3.58. The number of halogens is 1. The molecule has 0 aliphatic heterocycles. The number of nitrogens with one attached hydrogen (secondary N) is 1. The number of pyridine rings is 1. The third-order valence-corrected chi connectivity index (χ3v) is 4.12. The monoisotopic (exact) mass is 342 g/mol. The Morgan fingerprint density at radius 2 is 1.81 bits per heavy atom. The third kappa shape index (κ3) is 2.49. The minimum Gasteiger partial charge on any atom is -0.373 e. The lowest BCUT2D eigenvalue weighted by molar-refractivity contribution is 1.06. The highest BCUT2D eigenvalue weighted by atomic mass is 79.9. The second-order valence-corrected chi connectivity index (χ2v) is 5.72. The van der Waals surface area contributed by atoms with Crippen LogP contribution in [0, 0.1) is 13.8 Å². The summed E-state index contributed by atoms with van der Waals surface area (Å²) in [5.41, 5.74) is 3.70. The van der Waals surface area contributed by atoms with E-state index in [9.17, 15) is 0 Å². The predicted octanol–water partition coefficient (Wildman–Crippen LogP) is 4.11. The number of rotatable bonds is 2. The number of benzene rings is 1. The number of fused-ring (bicyclic) bond motifs is 1. The second-order valence-electron chi connectivity index (χ2n) is 4.87. The van der Waals surface area contributed by atoms with E-state index in [-0.39, 0.29) is 0 Å². The van der Waals surface area contributed by atoms with E-state index >= 15 is 0 Å². The van der Waals surface area contributed by atoms with Crippen LogP contribution in [-0.4, -0.2) is 22.0 Å². The molecule has 0 spiro atoms. The van der Waals surface area contributed by atoms with Gasteiger partial charge in [-0.1, -0.05) is 18.2 Å². The van der Waals surface area contributed by atoms with Crippen LogP contribution in [0.4, 0.5) is 5.82 Å². The maximum atomic E-state index is 4.69.